The fraction of sp³-hybridized carbons (Fsp3) is 0.143. The van der Waals surface area contributed by atoms with Gasteiger partial charge in [-0.3, -0.25) is 10.1 Å². The van der Waals surface area contributed by atoms with Crippen molar-refractivity contribution in [2.45, 2.75) is 6.92 Å². The number of rotatable bonds is 4. The second kappa shape index (κ2) is 5.74. The molecule has 2 rings (SSSR count). The molecule has 0 saturated heterocycles. The van der Waals surface area contributed by atoms with Crippen molar-refractivity contribution in [3.8, 4) is 17.2 Å². The van der Waals surface area contributed by atoms with Crippen LogP contribution in [0.2, 0.25) is 0 Å². The van der Waals surface area contributed by atoms with E-state index in [9.17, 15) is 18.9 Å². The molecule has 0 heterocycles. The average molecular weight is 295 g/mol. The lowest BCUT2D eigenvalue weighted by atomic mass is 10.1. The molecule has 0 unspecified atom stereocenters. The number of nitrogens with zero attached hydrogens (tertiary/aromatic N) is 1. The molecule has 0 amide bonds. The Balaban J connectivity index is 2.43. The molecule has 0 aliphatic carbocycles. The third kappa shape index (κ3) is 2.91. The van der Waals surface area contributed by atoms with E-state index in [1.54, 1.807) is 0 Å². The predicted molar refractivity (Wildman–Crippen MR) is 70.8 cm³/mol. The summed E-state index contributed by atoms with van der Waals surface area (Å²) in [5, 5.41) is 11.1. The summed E-state index contributed by atoms with van der Waals surface area (Å²) in [5.41, 5.74) is -0.0123. The van der Waals surface area contributed by atoms with Gasteiger partial charge < -0.3 is 9.47 Å². The van der Waals surface area contributed by atoms with Gasteiger partial charge in [-0.2, -0.15) is 0 Å². The number of hydrogen-bond donors (Lipinski definition) is 0. The molecule has 0 spiro atoms. The van der Waals surface area contributed by atoms with Crippen LogP contribution in [0.1, 0.15) is 5.56 Å². The van der Waals surface area contributed by atoms with Crippen LogP contribution in [-0.2, 0) is 0 Å². The monoisotopic (exact) mass is 295 g/mol. The van der Waals surface area contributed by atoms with Gasteiger partial charge in [0.05, 0.1) is 17.6 Å². The molecule has 0 radical (unpaired) electrons. The Morgan fingerprint density at radius 1 is 1.10 bits per heavy atom. The first kappa shape index (κ1) is 14.7. The normalized spacial score (nSPS) is 10.3. The molecule has 0 atom stereocenters. The Labute approximate surface area is 118 Å². The van der Waals surface area contributed by atoms with Crippen LogP contribution in [0.25, 0.3) is 0 Å². The van der Waals surface area contributed by atoms with Crippen molar-refractivity contribution in [1.82, 2.24) is 0 Å². The van der Waals surface area contributed by atoms with Crippen molar-refractivity contribution < 1.29 is 23.2 Å². The van der Waals surface area contributed by atoms with E-state index in [-0.39, 0.29) is 28.5 Å². The lowest BCUT2D eigenvalue weighted by Gasteiger charge is -2.11. The van der Waals surface area contributed by atoms with Gasteiger partial charge in [-0.25, -0.2) is 8.78 Å². The molecule has 5 nitrogen and oxygen atoms in total. The highest BCUT2D eigenvalue weighted by molar-refractivity contribution is 5.58. The van der Waals surface area contributed by atoms with Crippen LogP contribution < -0.4 is 9.47 Å². The zero-order valence-electron chi connectivity index (χ0n) is 11.2. The third-order valence-corrected chi connectivity index (χ3v) is 2.87. The Morgan fingerprint density at radius 3 is 2.33 bits per heavy atom. The molecular formula is C14H11F2NO4. The molecule has 0 fully saturated rings. The van der Waals surface area contributed by atoms with Gasteiger partial charge in [-0.15, -0.1) is 0 Å². The number of nitro benzene ring substituents is 1. The topological polar surface area (TPSA) is 61.6 Å². The minimum absolute atomic E-state index is 0.0384. The molecule has 0 aliphatic rings. The van der Waals surface area contributed by atoms with Crippen LogP contribution >= 0.6 is 0 Å². The van der Waals surface area contributed by atoms with Gasteiger partial charge in [-0.05, 0) is 31.2 Å². The Morgan fingerprint density at radius 2 is 1.76 bits per heavy atom. The molecule has 0 N–H and O–H groups in total. The summed E-state index contributed by atoms with van der Waals surface area (Å²) < 4.78 is 36.3. The second-order valence-corrected chi connectivity index (χ2v) is 4.17. The zero-order chi connectivity index (χ0) is 15.6. The highest BCUT2D eigenvalue weighted by atomic mass is 19.2. The second-order valence-electron chi connectivity index (χ2n) is 4.17. The summed E-state index contributed by atoms with van der Waals surface area (Å²) >= 11 is 0. The van der Waals surface area contributed by atoms with Gasteiger partial charge in [0.1, 0.15) is 11.5 Å². The maximum absolute atomic E-state index is 13.1. The Bertz CT molecular complexity index is 704. The lowest BCUT2D eigenvalue weighted by molar-refractivity contribution is -0.386. The van der Waals surface area contributed by atoms with E-state index in [0.29, 0.717) is 0 Å². The van der Waals surface area contributed by atoms with Gasteiger partial charge in [0, 0.05) is 6.07 Å². The largest absolute Gasteiger partial charge is 0.490 e. The van der Waals surface area contributed by atoms with Crippen LogP contribution in [0.4, 0.5) is 14.5 Å². The van der Waals surface area contributed by atoms with Crippen molar-refractivity contribution in [3.63, 3.8) is 0 Å². The number of benzene rings is 2. The van der Waals surface area contributed by atoms with E-state index >= 15 is 0 Å². The quantitative estimate of drug-likeness (QED) is 0.632. The molecule has 0 bridgehead atoms. The van der Waals surface area contributed by atoms with E-state index in [1.807, 2.05) is 0 Å². The lowest BCUT2D eigenvalue weighted by Crippen LogP contribution is -1.99. The maximum Gasteiger partial charge on any atom is 0.317 e. The molecule has 2 aromatic rings. The maximum atomic E-state index is 13.1. The van der Waals surface area contributed by atoms with E-state index in [2.05, 4.69) is 0 Å². The third-order valence-electron chi connectivity index (χ3n) is 2.87. The summed E-state index contributed by atoms with van der Waals surface area (Å²) in [6.45, 7) is 1.48. The fourth-order valence-electron chi connectivity index (χ4n) is 1.83. The van der Waals surface area contributed by atoms with Gasteiger partial charge >= 0.3 is 5.69 Å². The van der Waals surface area contributed by atoms with Gasteiger partial charge in [-0.1, -0.05) is 0 Å². The average Bonchev–Trinajstić information content (AvgIpc) is 2.44. The number of halogens is 2. The highest BCUT2D eigenvalue weighted by Gasteiger charge is 2.22. The van der Waals surface area contributed by atoms with E-state index in [4.69, 9.17) is 9.47 Å². The molecule has 110 valence electrons. The van der Waals surface area contributed by atoms with Crippen LogP contribution in [0.3, 0.4) is 0 Å². The fourth-order valence-corrected chi connectivity index (χ4v) is 1.83. The molecule has 0 aliphatic heterocycles. The molecular weight excluding hydrogens is 284 g/mol. The summed E-state index contributed by atoms with van der Waals surface area (Å²) in [7, 11) is 1.32. The van der Waals surface area contributed by atoms with Gasteiger partial charge in [0.15, 0.2) is 17.4 Å². The van der Waals surface area contributed by atoms with Crippen molar-refractivity contribution in [2.75, 3.05) is 7.11 Å². The predicted octanol–water partition coefficient (Wildman–Crippen LogP) is 3.98. The van der Waals surface area contributed by atoms with Crippen LogP contribution in [0.15, 0.2) is 30.3 Å². The first-order valence-electron chi connectivity index (χ1n) is 5.89. The summed E-state index contributed by atoms with van der Waals surface area (Å²) in [4.78, 5) is 10.5. The zero-order valence-corrected chi connectivity index (χ0v) is 11.2. The minimum Gasteiger partial charge on any atom is -0.490 e. The standard InChI is InChI=1S/C14H11F2NO4/c1-8-12(5-6-13(20-2)14(8)17(18)19)21-9-3-4-10(15)11(16)7-9/h3-7H,1-2H3. The van der Waals surface area contributed by atoms with Crippen molar-refractivity contribution >= 4 is 5.69 Å². The number of ether oxygens (including phenoxy) is 2. The van der Waals surface area contributed by atoms with Crippen LogP contribution in [0.5, 0.6) is 17.2 Å². The van der Waals surface area contributed by atoms with Crippen molar-refractivity contribution in [1.29, 1.82) is 0 Å². The minimum atomic E-state index is -1.06. The van der Waals surface area contributed by atoms with Crippen molar-refractivity contribution in [3.05, 3.63) is 57.6 Å². The summed E-state index contributed by atoms with van der Waals surface area (Å²) in [6, 6.07) is 5.85. The molecule has 21 heavy (non-hydrogen) atoms. The molecule has 2 aromatic carbocycles. The number of methoxy groups -OCH3 is 1. The Hall–Kier alpha value is -2.70. The highest BCUT2D eigenvalue weighted by Crippen LogP contribution is 2.38. The molecule has 0 aromatic heterocycles. The Kier molecular flexibility index (Phi) is 4.02. The van der Waals surface area contributed by atoms with E-state index < -0.39 is 16.6 Å². The van der Waals surface area contributed by atoms with Crippen LogP contribution in [-0.4, -0.2) is 12.0 Å². The first-order valence-corrected chi connectivity index (χ1v) is 5.89. The SMILES string of the molecule is COc1ccc(Oc2ccc(F)c(F)c2)c(C)c1[N+](=O)[O-]. The van der Waals surface area contributed by atoms with Crippen LogP contribution in [0, 0.1) is 28.7 Å². The summed E-state index contributed by atoms with van der Waals surface area (Å²) in [6.07, 6.45) is 0. The summed E-state index contributed by atoms with van der Waals surface area (Å²) in [5.74, 6) is -1.77. The van der Waals surface area contributed by atoms with Crippen molar-refractivity contribution in [2.24, 2.45) is 0 Å². The number of nitro groups is 1. The van der Waals surface area contributed by atoms with E-state index in [0.717, 1.165) is 12.1 Å². The van der Waals surface area contributed by atoms with Gasteiger partial charge in [0.2, 0.25) is 0 Å². The molecule has 0 saturated carbocycles. The molecule has 7 heteroatoms. The van der Waals surface area contributed by atoms with Gasteiger partial charge in [0.25, 0.3) is 0 Å². The first-order chi connectivity index (χ1) is 9.93. The van der Waals surface area contributed by atoms with E-state index in [1.165, 1.54) is 32.2 Å². The smallest absolute Gasteiger partial charge is 0.317 e. The number of hydrogen-bond acceptors (Lipinski definition) is 4.